The molecule has 166 valence electrons. The maximum absolute atomic E-state index is 13.9. The molecule has 33 heavy (non-hydrogen) atoms. The number of carbonyl (C=O) groups excluding carboxylic acids is 1. The van der Waals surface area contributed by atoms with Crippen LogP contribution in [0.25, 0.3) is 11.1 Å². The fourth-order valence-electron chi connectivity index (χ4n) is 4.22. The van der Waals surface area contributed by atoms with Crippen molar-refractivity contribution >= 4 is 11.9 Å². The van der Waals surface area contributed by atoms with Crippen molar-refractivity contribution in [3.8, 4) is 11.1 Å². The van der Waals surface area contributed by atoms with Crippen LogP contribution in [0.5, 0.6) is 0 Å². The van der Waals surface area contributed by atoms with Gasteiger partial charge in [-0.1, -0.05) is 72.9 Å². The molecule has 0 fully saturated rings. The number of carboxylic acid groups (broad SMARTS) is 1. The molecule has 4 rings (SSSR count). The van der Waals surface area contributed by atoms with Gasteiger partial charge in [0.2, 0.25) is 0 Å². The molecule has 5 heteroatoms. The molecule has 0 bridgehead atoms. The van der Waals surface area contributed by atoms with Crippen LogP contribution in [0.4, 0.5) is 0 Å². The SMILES string of the molecule is C=CCN(C(=O)c1ccccc1-c1ccccc1C(=O)O)N1C=CC=CC1C1=CCC=CC1. The van der Waals surface area contributed by atoms with Crippen LogP contribution in [0.2, 0.25) is 0 Å². The molecule has 1 aliphatic heterocycles. The van der Waals surface area contributed by atoms with Crippen LogP contribution in [0.3, 0.4) is 0 Å². The Kier molecular flexibility index (Phi) is 6.69. The first-order valence-corrected chi connectivity index (χ1v) is 10.9. The third kappa shape index (κ3) is 4.58. The summed E-state index contributed by atoms with van der Waals surface area (Å²) in [7, 11) is 0. The quantitative estimate of drug-likeness (QED) is 0.570. The summed E-state index contributed by atoms with van der Waals surface area (Å²) in [6, 6.07) is 13.8. The van der Waals surface area contributed by atoms with Gasteiger partial charge < -0.3 is 5.11 Å². The highest BCUT2D eigenvalue weighted by atomic mass is 16.4. The van der Waals surface area contributed by atoms with Crippen LogP contribution >= 0.6 is 0 Å². The second kappa shape index (κ2) is 10.0. The summed E-state index contributed by atoms with van der Waals surface area (Å²) in [4.78, 5) is 25.8. The Hall–Kier alpha value is -4.12. The number of hydrogen-bond donors (Lipinski definition) is 1. The van der Waals surface area contributed by atoms with E-state index in [1.54, 1.807) is 53.5 Å². The maximum atomic E-state index is 13.9. The minimum absolute atomic E-state index is 0.0812. The lowest BCUT2D eigenvalue weighted by atomic mass is 9.94. The maximum Gasteiger partial charge on any atom is 0.336 e. The van der Waals surface area contributed by atoms with Crippen molar-refractivity contribution in [1.29, 1.82) is 0 Å². The Morgan fingerprint density at radius 1 is 1.03 bits per heavy atom. The van der Waals surface area contributed by atoms with Crippen molar-refractivity contribution in [3.05, 3.63) is 121 Å². The van der Waals surface area contributed by atoms with Gasteiger partial charge in [0.05, 0.1) is 18.2 Å². The van der Waals surface area contributed by atoms with Gasteiger partial charge in [-0.15, -0.1) is 6.58 Å². The summed E-state index contributed by atoms with van der Waals surface area (Å²) in [5.74, 6) is -1.25. The van der Waals surface area contributed by atoms with E-state index in [1.807, 2.05) is 29.4 Å². The topological polar surface area (TPSA) is 60.9 Å². The van der Waals surface area contributed by atoms with Crippen LogP contribution < -0.4 is 0 Å². The first-order chi connectivity index (χ1) is 16.1. The van der Waals surface area contributed by atoms with Gasteiger partial charge in [0.1, 0.15) is 0 Å². The molecule has 0 saturated heterocycles. The van der Waals surface area contributed by atoms with Crippen molar-refractivity contribution in [2.45, 2.75) is 18.9 Å². The number of carboxylic acids is 1. The lowest BCUT2D eigenvalue weighted by Gasteiger charge is -2.40. The Labute approximate surface area is 193 Å². The van der Waals surface area contributed by atoms with E-state index in [1.165, 1.54) is 5.57 Å². The molecule has 2 aromatic rings. The summed E-state index contributed by atoms with van der Waals surface area (Å²) in [6.45, 7) is 4.17. The predicted molar refractivity (Wildman–Crippen MR) is 130 cm³/mol. The third-order valence-corrected chi connectivity index (χ3v) is 5.76. The highest BCUT2D eigenvalue weighted by Gasteiger charge is 2.29. The monoisotopic (exact) mass is 438 g/mol. The average Bonchev–Trinajstić information content (AvgIpc) is 2.87. The largest absolute Gasteiger partial charge is 0.478 e. The number of benzene rings is 2. The van der Waals surface area contributed by atoms with E-state index in [9.17, 15) is 14.7 Å². The summed E-state index contributed by atoms with van der Waals surface area (Å²) >= 11 is 0. The molecule has 1 atom stereocenters. The van der Waals surface area contributed by atoms with E-state index in [0.29, 0.717) is 23.2 Å². The second-order valence-electron chi connectivity index (χ2n) is 7.81. The molecule has 0 spiro atoms. The van der Waals surface area contributed by atoms with E-state index in [2.05, 4.69) is 30.9 Å². The highest BCUT2D eigenvalue weighted by Crippen LogP contribution is 2.30. The number of carbonyl (C=O) groups is 2. The van der Waals surface area contributed by atoms with E-state index in [0.717, 1.165) is 12.8 Å². The second-order valence-corrected chi connectivity index (χ2v) is 7.81. The zero-order valence-electron chi connectivity index (χ0n) is 18.3. The number of allylic oxidation sites excluding steroid dienone is 5. The number of hydrazine groups is 1. The molecule has 1 heterocycles. The molecule has 1 amide bonds. The number of aromatic carboxylic acids is 1. The van der Waals surface area contributed by atoms with E-state index in [-0.39, 0.29) is 17.5 Å². The van der Waals surface area contributed by atoms with Gasteiger partial charge in [0.25, 0.3) is 5.91 Å². The van der Waals surface area contributed by atoms with E-state index >= 15 is 0 Å². The molecule has 0 saturated carbocycles. The van der Waals surface area contributed by atoms with Crippen LogP contribution in [-0.2, 0) is 0 Å². The molecular formula is C28H26N2O3. The van der Waals surface area contributed by atoms with Crippen LogP contribution in [0.15, 0.2) is 109 Å². The van der Waals surface area contributed by atoms with Crippen LogP contribution in [-0.4, -0.2) is 39.6 Å². The molecule has 2 aromatic carbocycles. The summed E-state index contributed by atoms with van der Waals surface area (Å²) in [5.41, 5.74) is 2.92. The Morgan fingerprint density at radius 3 is 2.39 bits per heavy atom. The summed E-state index contributed by atoms with van der Waals surface area (Å²) in [6.07, 6.45) is 17.8. The Morgan fingerprint density at radius 2 is 1.73 bits per heavy atom. The zero-order chi connectivity index (χ0) is 23.2. The van der Waals surface area contributed by atoms with Gasteiger partial charge in [-0.2, -0.15) is 0 Å². The molecule has 0 aromatic heterocycles. The standard InChI is InChI=1S/C28H26N2O3/c1-2-19-30(29-20-11-10-18-26(29)21-12-4-3-5-13-21)27(31)24-16-8-6-14-22(24)23-15-7-9-17-25(23)28(32)33/h2-4,6-11,13-18,20,26H,1,5,12,19H2,(H,32,33). The lowest BCUT2D eigenvalue weighted by Crippen LogP contribution is -2.49. The van der Waals surface area contributed by atoms with Crippen LogP contribution in [0, 0.1) is 0 Å². The van der Waals surface area contributed by atoms with Crippen molar-refractivity contribution in [2.75, 3.05) is 6.54 Å². The molecule has 1 N–H and O–H groups in total. The lowest BCUT2D eigenvalue weighted by molar-refractivity contribution is 0.0168. The molecule has 0 radical (unpaired) electrons. The number of hydrogen-bond acceptors (Lipinski definition) is 3. The Balaban J connectivity index is 1.75. The summed E-state index contributed by atoms with van der Waals surface area (Å²) < 4.78 is 0. The normalized spacial score (nSPS) is 16.9. The van der Waals surface area contributed by atoms with Crippen molar-refractivity contribution in [3.63, 3.8) is 0 Å². The molecule has 1 aliphatic carbocycles. The smallest absolute Gasteiger partial charge is 0.336 e. The highest BCUT2D eigenvalue weighted by molar-refractivity contribution is 6.04. The number of amides is 1. The fraction of sp³-hybridized carbons (Fsp3) is 0.143. The first-order valence-electron chi connectivity index (χ1n) is 10.9. The molecular weight excluding hydrogens is 412 g/mol. The van der Waals surface area contributed by atoms with Crippen molar-refractivity contribution in [2.24, 2.45) is 0 Å². The van der Waals surface area contributed by atoms with Crippen LogP contribution in [0.1, 0.15) is 33.6 Å². The van der Waals surface area contributed by atoms with Gasteiger partial charge in [0.15, 0.2) is 0 Å². The predicted octanol–water partition coefficient (Wildman–Crippen LogP) is 5.63. The Bertz CT molecular complexity index is 1190. The fourth-order valence-corrected chi connectivity index (χ4v) is 4.22. The van der Waals surface area contributed by atoms with E-state index < -0.39 is 5.97 Å². The van der Waals surface area contributed by atoms with Crippen molar-refractivity contribution < 1.29 is 14.7 Å². The average molecular weight is 439 g/mol. The minimum Gasteiger partial charge on any atom is -0.478 e. The number of rotatable bonds is 7. The third-order valence-electron chi connectivity index (χ3n) is 5.76. The number of nitrogens with zero attached hydrogens (tertiary/aromatic N) is 2. The molecule has 5 nitrogen and oxygen atoms in total. The molecule has 1 unspecified atom stereocenters. The molecule has 2 aliphatic rings. The van der Waals surface area contributed by atoms with Crippen molar-refractivity contribution in [1.82, 2.24) is 10.0 Å². The first kappa shape index (κ1) is 22.1. The van der Waals surface area contributed by atoms with E-state index in [4.69, 9.17) is 0 Å². The zero-order valence-corrected chi connectivity index (χ0v) is 18.3. The van der Waals surface area contributed by atoms with Gasteiger partial charge in [-0.25, -0.2) is 9.80 Å². The van der Waals surface area contributed by atoms with Gasteiger partial charge in [0, 0.05) is 11.8 Å². The minimum atomic E-state index is -1.03. The van der Waals surface area contributed by atoms with Gasteiger partial charge in [-0.05, 0) is 47.8 Å². The summed E-state index contributed by atoms with van der Waals surface area (Å²) in [5, 5.41) is 13.3. The van der Waals surface area contributed by atoms with Gasteiger partial charge in [-0.3, -0.25) is 9.80 Å². The van der Waals surface area contributed by atoms with Gasteiger partial charge >= 0.3 is 5.97 Å².